The zero-order valence-electron chi connectivity index (χ0n) is 19.3. The van der Waals surface area contributed by atoms with Crippen molar-refractivity contribution in [3.8, 4) is 17.6 Å². The molecule has 0 unspecified atom stereocenters. The fourth-order valence-corrected chi connectivity index (χ4v) is 3.29. The van der Waals surface area contributed by atoms with Gasteiger partial charge in [0.05, 0.1) is 6.61 Å². The van der Waals surface area contributed by atoms with E-state index in [1.807, 2.05) is 69.4 Å². The molecule has 2 aromatic rings. The Morgan fingerprint density at radius 3 is 2.64 bits per heavy atom. The third kappa shape index (κ3) is 7.03. The first-order valence-electron chi connectivity index (χ1n) is 11.0. The molecule has 170 valence electrons. The van der Waals surface area contributed by atoms with Crippen LogP contribution >= 0.6 is 0 Å². The van der Waals surface area contributed by atoms with Crippen LogP contribution in [-0.2, 0) is 11.2 Å². The summed E-state index contributed by atoms with van der Waals surface area (Å²) < 4.78 is 5.94. The van der Waals surface area contributed by atoms with Crippen LogP contribution in [0.4, 0.5) is 0 Å². The lowest BCUT2D eigenvalue weighted by molar-refractivity contribution is 0.220. The topological polar surface area (TPSA) is 77.9 Å². The fourth-order valence-electron chi connectivity index (χ4n) is 3.29. The Morgan fingerprint density at radius 1 is 1.09 bits per heavy atom. The third-order valence-electron chi connectivity index (χ3n) is 4.97. The average Bonchev–Trinajstić information content (AvgIpc) is 3.35. The number of aromatic hydroxyl groups is 1. The molecule has 1 heterocycles. The molecule has 0 atom stereocenters. The van der Waals surface area contributed by atoms with E-state index in [2.05, 4.69) is 39.5 Å². The van der Waals surface area contributed by atoms with Gasteiger partial charge < -0.3 is 9.84 Å². The van der Waals surface area contributed by atoms with Gasteiger partial charge in [0.2, 0.25) is 0 Å². The van der Waals surface area contributed by atoms with E-state index in [-0.39, 0.29) is 5.75 Å². The van der Waals surface area contributed by atoms with Crippen molar-refractivity contribution in [3.63, 3.8) is 0 Å². The number of hydrazone groups is 1. The summed E-state index contributed by atoms with van der Waals surface area (Å²) in [6.45, 7) is 6.50. The van der Waals surface area contributed by atoms with Crippen LogP contribution in [0.2, 0.25) is 0 Å². The first-order valence-corrected chi connectivity index (χ1v) is 11.0. The molecular weight excluding hydrogens is 412 g/mol. The van der Waals surface area contributed by atoms with Crippen LogP contribution < -0.4 is 16.5 Å². The summed E-state index contributed by atoms with van der Waals surface area (Å²) in [5.41, 5.74) is 13.3. The highest BCUT2D eigenvalue weighted by molar-refractivity contribution is 5.99. The number of hydrazine groups is 2. The van der Waals surface area contributed by atoms with Crippen molar-refractivity contribution in [3.05, 3.63) is 100 Å². The van der Waals surface area contributed by atoms with E-state index < -0.39 is 0 Å². The van der Waals surface area contributed by atoms with Gasteiger partial charge in [0.25, 0.3) is 0 Å². The summed E-state index contributed by atoms with van der Waals surface area (Å²) in [6.07, 6.45) is 11.5. The first kappa shape index (κ1) is 23.7. The highest BCUT2D eigenvalue weighted by Gasteiger charge is 2.11. The molecule has 6 nitrogen and oxygen atoms in total. The van der Waals surface area contributed by atoms with Crippen molar-refractivity contribution in [1.29, 1.82) is 0 Å². The number of phenols is 1. The number of rotatable bonds is 8. The summed E-state index contributed by atoms with van der Waals surface area (Å²) in [7, 11) is 0. The van der Waals surface area contributed by atoms with Gasteiger partial charge in [-0.2, -0.15) is 0 Å². The second kappa shape index (κ2) is 12.2. The molecule has 33 heavy (non-hydrogen) atoms. The van der Waals surface area contributed by atoms with Gasteiger partial charge in [0, 0.05) is 16.7 Å². The number of aryl methyl sites for hydroxylation is 2. The lowest BCUT2D eigenvalue weighted by Crippen LogP contribution is -2.35. The molecule has 0 saturated carbocycles. The molecule has 0 amide bonds. The van der Waals surface area contributed by atoms with Crippen molar-refractivity contribution in [2.45, 2.75) is 33.6 Å². The summed E-state index contributed by atoms with van der Waals surface area (Å²) in [6, 6.07) is 11.3. The van der Waals surface area contributed by atoms with Gasteiger partial charge in [0.1, 0.15) is 11.5 Å². The Bertz CT molecular complexity index is 1150. The van der Waals surface area contributed by atoms with Gasteiger partial charge in [-0.15, -0.1) is 10.6 Å². The Morgan fingerprint density at radius 2 is 1.91 bits per heavy atom. The standard InChI is InChI=1S/C27H30N4O2/c1-4-6-10-26(8-5-2)33-17-7-9-23-19-24(27-28-30-31-29-27)14-13-22(23)12-11-21-15-16-25(32)18-20(21)3/h4-6,8,10,13-16,18-19,30-32H,7,9,17H2,1-3H3,(H,28,29)/b6-4-,8-5-,26-10+. The number of hydrogen-bond donors (Lipinski definition) is 4. The fraction of sp³-hybridized carbons (Fsp3) is 0.222. The number of nitrogens with one attached hydrogen (secondary N) is 3. The van der Waals surface area contributed by atoms with Gasteiger partial charge in [-0.25, -0.2) is 5.53 Å². The van der Waals surface area contributed by atoms with Crippen molar-refractivity contribution in [2.24, 2.45) is 5.10 Å². The predicted octanol–water partition coefficient (Wildman–Crippen LogP) is 4.36. The molecule has 2 aromatic carbocycles. The zero-order chi connectivity index (χ0) is 23.5. The maximum atomic E-state index is 9.64. The number of allylic oxidation sites excluding steroid dienone is 5. The monoisotopic (exact) mass is 442 g/mol. The van der Waals surface area contributed by atoms with Crippen molar-refractivity contribution >= 4 is 5.84 Å². The Labute approximate surface area is 195 Å². The molecule has 3 rings (SSSR count). The molecule has 1 aliphatic rings. The second-order valence-corrected chi connectivity index (χ2v) is 7.49. The van der Waals surface area contributed by atoms with Crippen LogP contribution in [0.1, 0.15) is 48.1 Å². The van der Waals surface area contributed by atoms with Crippen LogP contribution in [0.3, 0.4) is 0 Å². The van der Waals surface area contributed by atoms with E-state index in [4.69, 9.17) is 4.74 Å². The van der Waals surface area contributed by atoms with Gasteiger partial charge in [-0.1, -0.05) is 30.1 Å². The van der Waals surface area contributed by atoms with E-state index in [1.165, 1.54) is 0 Å². The normalized spacial score (nSPS) is 13.4. The van der Waals surface area contributed by atoms with E-state index >= 15 is 0 Å². The summed E-state index contributed by atoms with van der Waals surface area (Å²) in [5.74, 6) is 8.37. The number of phenolic OH excluding ortho intramolecular Hbond substituents is 1. The summed E-state index contributed by atoms with van der Waals surface area (Å²) in [5, 5.41) is 13.8. The number of ether oxygens (including phenoxy) is 1. The minimum Gasteiger partial charge on any atom is -0.508 e. The molecule has 0 fully saturated rings. The highest BCUT2D eigenvalue weighted by Crippen LogP contribution is 2.17. The SMILES string of the molecule is C\C=C/C=C(\C=C/C)OCCCc1cc(C2=NNNN2)ccc1C#Cc1ccc(O)cc1C. The Hall–Kier alpha value is -3.95. The minimum absolute atomic E-state index is 0.246. The van der Waals surface area contributed by atoms with Crippen molar-refractivity contribution < 1.29 is 9.84 Å². The molecule has 0 bridgehead atoms. The molecule has 1 aliphatic heterocycles. The molecule has 0 aromatic heterocycles. The van der Waals surface area contributed by atoms with Crippen LogP contribution in [0.5, 0.6) is 5.75 Å². The van der Waals surface area contributed by atoms with Gasteiger partial charge in [-0.05, 0) is 93.3 Å². The van der Waals surface area contributed by atoms with Gasteiger partial charge in [-0.3, -0.25) is 5.43 Å². The van der Waals surface area contributed by atoms with Gasteiger partial charge in [0.15, 0.2) is 5.84 Å². The van der Waals surface area contributed by atoms with E-state index in [9.17, 15) is 5.11 Å². The second-order valence-electron chi connectivity index (χ2n) is 7.49. The minimum atomic E-state index is 0.246. The zero-order valence-corrected chi connectivity index (χ0v) is 19.3. The third-order valence-corrected chi connectivity index (χ3v) is 4.97. The lowest BCUT2D eigenvalue weighted by Gasteiger charge is -2.10. The summed E-state index contributed by atoms with van der Waals surface area (Å²) >= 11 is 0. The first-order chi connectivity index (χ1) is 16.1. The Kier molecular flexibility index (Phi) is 8.75. The van der Waals surface area contributed by atoms with E-state index in [0.29, 0.717) is 6.61 Å². The maximum absolute atomic E-state index is 9.64. The molecule has 4 N–H and O–H groups in total. The number of hydrogen-bond acceptors (Lipinski definition) is 6. The average molecular weight is 443 g/mol. The molecule has 0 spiro atoms. The predicted molar refractivity (Wildman–Crippen MR) is 133 cm³/mol. The van der Waals surface area contributed by atoms with Crippen molar-refractivity contribution in [2.75, 3.05) is 6.61 Å². The largest absolute Gasteiger partial charge is 0.508 e. The quantitative estimate of drug-likeness (QED) is 0.212. The molecule has 6 heteroatoms. The summed E-state index contributed by atoms with van der Waals surface area (Å²) in [4.78, 5) is 0. The number of benzene rings is 2. The number of amidine groups is 1. The van der Waals surface area contributed by atoms with Crippen molar-refractivity contribution in [1.82, 2.24) is 16.5 Å². The van der Waals surface area contributed by atoms with Crippen LogP contribution in [0, 0.1) is 18.8 Å². The molecule has 0 aliphatic carbocycles. The van der Waals surface area contributed by atoms with E-state index in [0.717, 1.165) is 52.3 Å². The molecular formula is C27H30N4O2. The smallest absolute Gasteiger partial charge is 0.170 e. The van der Waals surface area contributed by atoms with Crippen LogP contribution in [-0.4, -0.2) is 17.5 Å². The van der Waals surface area contributed by atoms with Crippen LogP contribution in [0.25, 0.3) is 0 Å². The number of nitrogens with zero attached hydrogens (tertiary/aromatic N) is 1. The Balaban J connectivity index is 1.78. The lowest BCUT2D eigenvalue weighted by atomic mass is 9.99. The molecule has 0 radical (unpaired) electrons. The highest BCUT2D eigenvalue weighted by atomic mass is 16.5. The van der Waals surface area contributed by atoms with Crippen LogP contribution in [0.15, 0.2) is 77.6 Å². The van der Waals surface area contributed by atoms with Gasteiger partial charge >= 0.3 is 0 Å². The molecule has 0 saturated heterocycles. The maximum Gasteiger partial charge on any atom is 0.170 e. The van der Waals surface area contributed by atoms with E-state index in [1.54, 1.807) is 12.1 Å².